The van der Waals surface area contributed by atoms with Gasteiger partial charge >= 0.3 is 6.09 Å². The van der Waals surface area contributed by atoms with Crippen molar-refractivity contribution in [3.05, 3.63) is 0 Å². The van der Waals surface area contributed by atoms with Crippen molar-refractivity contribution in [1.29, 1.82) is 0 Å². The fraction of sp³-hybridized carbons (Fsp3) is 0.929. The van der Waals surface area contributed by atoms with E-state index in [-0.39, 0.29) is 12.1 Å². The van der Waals surface area contributed by atoms with Crippen molar-refractivity contribution >= 4 is 6.09 Å². The predicted molar refractivity (Wildman–Crippen MR) is 75.3 cm³/mol. The van der Waals surface area contributed by atoms with E-state index in [2.05, 4.69) is 17.6 Å². The summed E-state index contributed by atoms with van der Waals surface area (Å²) < 4.78 is 10.5. The molecule has 1 unspecified atom stereocenters. The zero-order valence-corrected chi connectivity index (χ0v) is 12.8. The van der Waals surface area contributed by atoms with Gasteiger partial charge in [0.2, 0.25) is 0 Å². The molecule has 0 aromatic carbocycles. The van der Waals surface area contributed by atoms with Gasteiger partial charge in [0.25, 0.3) is 0 Å². The molecule has 1 amide bonds. The number of alkyl carbamates (subject to hydrolysis) is 1. The molecule has 0 aliphatic heterocycles. The largest absolute Gasteiger partial charge is 0.444 e. The highest BCUT2D eigenvalue weighted by atomic mass is 16.6. The molecule has 112 valence electrons. The summed E-state index contributed by atoms with van der Waals surface area (Å²) in [6.45, 7) is 8.30. The molecule has 2 N–H and O–H groups in total. The van der Waals surface area contributed by atoms with E-state index in [0.717, 1.165) is 19.3 Å². The first kappa shape index (κ1) is 16.2. The third-order valence-corrected chi connectivity index (χ3v) is 3.28. The zero-order chi connectivity index (χ0) is 14.5. The van der Waals surface area contributed by atoms with Crippen LogP contribution in [0.15, 0.2) is 0 Å². The summed E-state index contributed by atoms with van der Waals surface area (Å²) >= 11 is 0. The average Bonchev–Trinajstić information content (AvgIpc) is 2.24. The second-order valence-corrected chi connectivity index (χ2v) is 6.18. The molecule has 19 heavy (non-hydrogen) atoms. The summed E-state index contributed by atoms with van der Waals surface area (Å²) in [7, 11) is 1.75. The van der Waals surface area contributed by atoms with Crippen molar-refractivity contribution in [1.82, 2.24) is 10.6 Å². The lowest BCUT2D eigenvalue weighted by molar-refractivity contribution is 0.0136. The van der Waals surface area contributed by atoms with Crippen molar-refractivity contribution in [2.45, 2.75) is 70.7 Å². The predicted octanol–water partition coefficient (Wildman–Crippen LogP) is 2.06. The standard InChI is InChI=1S/C14H28N2O3/c1-6-10(16-11-7-12(8-11)18-5)9-15-13(17)19-14(2,3)4/h10-12,16H,6-9H2,1-5H3,(H,15,17). The van der Waals surface area contributed by atoms with E-state index in [1.54, 1.807) is 7.11 Å². The first-order valence-corrected chi connectivity index (χ1v) is 7.09. The van der Waals surface area contributed by atoms with Gasteiger partial charge in [-0.2, -0.15) is 0 Å². The van der Waals surface area contributed by atoms with Crippen LogP contribution in [-0.4, -0.2) is 43.5 Å². The number of carbonyl (C=O) groups excluding carboxylic acids is 1. The number of methoxy groups -OCH3 is 1. The van der Waals surface area contributed by atoms with E-state index in [1.165, 1.54) is 0 Å². The van der Waals surface area contributed by atoms with Crippen LogP contribution in [-0.2, 0) is 9.47 Å². The van der Waals surface area contributed by atoms with Crippen molar-refractivity contribution in [3.63, 3.8) is 0 Å². The summed E-state index contributed by atoms with van der Waals surface area (Å²) in [5.41, 5.74) is -0.446. The molecule has 0 bridgehead atoms. The summed E-state index contributed by atoms with van der Waals surface area (Å²) in [5.74, 6) is 0. The number of amides is 1. The van der Waals surface area contributed by atoms with Crippen LogP contribution in [0.25, 0.3) is 0 Å². The third-order valence-electron chi connectivity index (χ3n) is 3.28. The maximum atomic E-state index is 11.6. The van der Waals surface area contributed by atoms with E-state index >= 15 is 0 Å². The molecule has 1 aliphatic rings. The van der Waals surface area contributed by atoms with E-state index in [4.69, 9.17) is 9.47 Å². The van der Waals surface area contributed by atoms with Gasteiger partial charge in [0.15, 0.2) is 0 Å². The second-order valence-electron chi connectivity index (χ2n) is 6.18. The molecule has 0 radical (unpaired) electrons. The SMILES string of the molecule is CCC(CNC(=O)OC(C)(C)C)NC1CC(OC)C1. The Morgan fingerprint density at radius 3 is 2.47 bits per heavy atom. The number of hydrogen-bond acceptors (Lipinski definition) is 4. The maximum absolute atomic E-state index is 11.6. The Morgan fingerprint density at radius 2 is 2.00 bits per heavy atom. The summed E-state index contributed by atoms with van der Waals surface area (Å²) in [5, 5.41) is 6.35. The van der Waals surface area contributed by atoms with E-state index < -0.39 is 5.60 Å². The molecule has 5 nitrogen and oxygen atoms in total. The summed E-state index contributed by atoms with van der Waals surface area (Å²) in [6, 6.07) is 0.797. The Kier molecular flexibility index (Phi) is 6.07. The molecule has 0 aromatic heterocycles. The lowest BCUT2D eigenvalue weighted by Crippen LogP contribution is -2.52. The molecule has 0 heterocycles. The molecular weight excluding hydrogens is 244 g/mol. The first-order chi connectivity index (χ1) is 8.84. The number of nitrogens with one attached hydrogen (secondary N) is 2. The topological polar surface area (TPSA) is 59.6 Å². The Labute approximate surface area is 116 Å². The number of carbonyl (C=O) groups is 1. The van der Waals surface area contributed by atoms with Crippen molar-refractivity contribution in [2.24, 2.45) is 0 Å². The van der Waals surface area contributed by atoms with E-state index in [1.807, 2.05) is 20.8 Å². The van der Waals surface area contributed by atoms with E-state index in [0.29, 0.717) is 18.7 Å². The number of hydrogen-bond donors (Lipinski definition) is 2. The molecular formula is C14H28N2O3. The van der Waals surface area contributed by atoms with Crippen LogP contribution in [0.4, 0.5) is 4.79 Å². The first-order valence-electron chi connectivity index (χ1n) is 7.09. The normalized spacial score (nSPS) is 24.5. The Hall–Kier alpha value is -0.810. The fourth-order valence-electron chi connectivity index (χ4n) is 2.07. The lowest BCUT2D eigenvalue weighted by Gasteiger charge is -2.37. The van der Waals surface area contributed by atoms with Crippen LogP contribution in [0, 0.1) is 0 Å². The average molecular weight is 272 g/mol. The van der Waals surface area contributed by atoms with Gasteiger partial charge in [0.1, 0.15) is 5.60 Å². The highest BCUT2D eigenvalue weighted by Crippen LogP contribution is 2.23. The summed E-state index contributed by atoms with van der Waals surface area (Å²) in [6.07, 6.45) is 3.13. The maximum Gasteiger partial charge on any atom is 0.407 e. The molecule has 1 aliphatic carbocycles. The van der Waals surface area contributed by atoms with Crippen molar-refractivity contribution < 1.29 is 14.3 Å². The van der Waals surface area contributed by atoms with Gasteiger partial charge in [-0.05, 0) is 40.0 Å². The Balaban J connectivity index is 2.20. The smallest absolute Gasteiger partial charge is 0.407 e. The molecule has 1 saturated carbocycles. The molecule has 1 rings (SSSR count). The molecule has 1 fully saturated rings. The Bertz CT molecular complexity index is 283. The molecule has 0 aromatic rings. The minimum absolute atomic E-state index is 0.287. The van der Waals surface area contributed by atoms with Crippen molar-refractivity contribution in [2.75, 3.05) is 13.7 Å². The van der Waals surface area contributed by atoms with E-state index in [9.17, 15) is 4.79 Å². The lowest BCUT2D eigenvalue weighted by atomic mass is 9.88. The van der Waals surface area contributed by atoms with Crippen molar-refractivity contribution in [3.8, 4) is 0 Å². The van der Waals surface area contributed by atoms with Gasteiger partial charge in [0.05, 0.1) is 6.10 Å². The quantitative estimate of drug-likeness (QED) is 0.777. The van der Waals surface area contributed by atoms with Gasteiger partial charge in [-0.15, -0.1) is 0 Å². The fourth-order valence-corrected chi connectivity index (χ4v) is 2.07. The van der Waals surface area contributed by atoms with Crippen LogP contribution in [0.2, 0.25) is 0 Å². The monoisotopic (exact) mass is 272 g/mol. The van der Waals surface area contributed by atoms with Gasteiger partial charge < -0.3 is 20.1 Å². The molecule has 0 saturated heterocycles. The zero-order valence-electron chi connectivity index (χ0n) is 12.8. The van der Waals surface area contributed by atoms with Crippen LogP contribution >= 0.6 is 0 Å². The van der Waals surface area contributed by atoms with Crippen LogP contribution in [0.3, 0.4) is 0 Å². The van der Waals surface area contributed by atoms with Crippen LogP contribution < -0.4 is 10.6 Å². The minimum atomic E-state index is -0.446. The molecule has 1 atom stereocenters. The second kappa shape index (κ2) is 7.10. The Morgan fingerprint density at radius 1 is 1.37 bits per heavy atom. The van der Waals surface area contributed by atoms with Gasteiger partial charge in [0, 0.05) is 25.7 Å². The van der Waals surface area contributed by atoms with Gasteiger partial charge in [-0.1, -0.05) is 6.92 Å². The molecule has 5 heteroatoms. The van der Waals surface area contributed by atoms with Gasteiger partial charge in [-0.25, -0.2) is 4.79 Å². The molecule has 0 spiro atoms. The highest BCUT2D eigenvalue weighted by molar-refractivity contribution is 5.67. The third kappa shape index (κ3) is 6.25. The minimum Gasteiger partial charge on any atom is -0.444 e. The highest BCUT2D eigenvalue weighted by Gasteiger charge is 2.30. The van der Waals surface area contributed by atoms with Crippen LogP contribution in [0.1, 0.15) is 47.0 Å². The van der Waals surface area contributed by atoms with Gasteiger partial charge in [-0.3, -0.25) is 0 Å². The van der Waals surface area contributed by atoms with Crippen LogP contribution in [0.5, 0.6) is 0 Å². The summed E-state index contributed by atoms with van der Waals surface area (Å²) in [4.78, 5) is 11.6. The number of ether oxygens (including phenoxy) is 2. The number of rotatable bonds is 6.